The first-order valence-corrected chi connectivity index (χ1v) is 9.91. The predicted molar refractivity (Wildman–Crippen MR) is 119 cm³/mol. The van der Waals surface area contributed by atoms with Crippen molar-refractivity contribution >= 4 is 35.4 Å². The lowest BCUT2D eigenvalue weighted by Gasteiger charge is -2.14. The number of aromatic amines is 1. The van der Waals surface area contributed by atoms with Crippen LogP contribution in [-0.2, 0) is 6.61 Å². The van der Waals surface area contributed by atoms with E-state index in [1.54, 1.807) is 43.5 Å². The van der Waals surface area contributed by atoms with Crippen LogP contribution < -0.4 is 20.5 Å². The second-order valence-electron chi connectivity index (χ2n) is 6.23. The molecule has 156 valence electrons. The van der Waals surface area contributed by atoms with E-state index in [0.717, 1.165) is 5.56 Å². The topological polar surface area (TPSA) is 88.6 Å². The molecule has 9 heteroatoms. The van der Waals surface area contributed by atoms with Gasteiger partial charge in [0.2, 0.25) is 5.95 Å². The van der Waals surface area contributed by atoms with E-state index < -0.39 is 0 Å². The van der Waals surface area contributed by atoms with Crippen LogP contribution in [0.1, 0.15) is 23.7 Å². The number of hydrazone groups is 1. The highest BCUT2D eigenvalue weighted by Gasteiger charge is 2.10. The first-order chi connectivity index (χ1) is 14.5. The molecule has 7 nitrogen and oxygen atoms in total. The molecule has 0 aliphatic carbocycles. The van der Waals surface area contributed by atoms with Crippen LogP contribution in [0.4, 0.5) is 5.95 Å². The highest BCUT2D eigenvalue weighted by molar-refractivity contribution is 6.35. The van der Waals surface area contributed by atoms with Crippen LogP contribution >= 0.6 is 23.2 Å². The van der Waals surface area contributed by atoms with Gasteiger partial charge in [-0.25, -0.2) is 10.4 Å². The number of anilines is 1. The Morgan fingerprint density at radius 3 is 2.60 bits per heavy atom. The van der Waals surface area contributed by atoms with Gasteiger partial charge in [0.1, 0.15) is 6.61 Å². The third kappa shape index (κ3) is 5.75. The monoisotopic (exact) mass is 446 g/mol. The first kappa shape index (κ1) is 21.7. The molecule has 0 saturated heterocycles. The molecule has 3 rings (SSSR count). The van der Waals surface area contributed by atoms with Crippen molar-refractivity contribution in [2.75, 3.05) is 12.0 Å². The van der Waals surface area contributed by atoms with E-state index in [4.69, 9.17) is 32.7 Å². The van der Waals surface area contributed by atoms with E-state index in [1.165, 1.54) is 6.07 Å². The number of halogens is 2. The number of aryl methyl sites for hydroxylation is 1. The third-order valence-electron chi connectivity index (χ3n) is 3.96. The van der Waals surface area contributed by atoms with E-state index in [0.29, 0.717) is 39.4 Å². The second-order valence-corrected chi connectivity index (χ2v) is 7.05. The molecule has 0 amide bonds. The van der Waals surface area contributed by atoms with Crippen LogP contribution in [0.25, 0.3) is 0 Å². The fourth-order valence-corrected chi connectivity index (χ4v) is 3.12. The average molecular weight is 447 g/mol. The summed E-state index contributed by atoms with van der Waals surface area (Å²) in [6.45, 7) is 4.29. The smallest absolute Gasteiger partial charge is 0.252 e. The van der Waals surface area contributed by atoms with Gasteiger partial charge in [-0.3, -0.25) is 9.78 Å². The zero-order valence-corrected chi connectivity index (χ0v) is 17.9. The lowest BCUT2D eigenvalue weighted by molar-refractivity contribution is 0.269. The number of ether oxygens (including phenoxy) is 2. The fourth-order valence-electron chi connectivity index (χ4n) is 2.61. The molecule has 1 heterocycles. The van der Waals surface area contributed by atoms with E-state index in [2.05, 4.69) is 20.5 Å². The molecule has 0 aliphatic heterocycles. The number of H-pyrrole nitrogens is 1. The first-order valence-electron chi connectivity index (χ1n) is 9.16. The zero-order chi connectivity index (χ0) is 21.5. The maximum absolute atomic E-state index is 11.5. The largest absolute Gasteiger partial charge is 0.490 e. The van der Waals surface area contributed by atoms with Crippen molar-refractivity contribution in [1.82, 2.24) is 9.97 Å². The summed E-state index contributed by atoms with van der Waals surface area (Å²) in [6, 6.07) is 12.1. The molecule has 0 spiro atoms. The minimum atomic E-state index is -0.251. The van der Waals surface area contributed by atoms with Gasteiger partial charge in [0, 0.05) is 27.4 Å². The van der Waals surface area contributed by atoms with Crippen molar-refractivity contribution in [3.8, 4) is 11.5 Å². The summed E-state index contributed by atoms with van der Waals surface area (Å²) in [7, 11) is 0. The van der Waals surface area contributed by atoms with Gasteiger partial charge in [-0.1, -0.05) is 29.3 Å². The van der Waals surface area contributed by atoms with Gasteiger partial charge in [0.25, 0.3) is 5.56 Å². The predicted octanol–water partition coefficient (Wildman–Crippen LogP) is 4.81. The summed E-state index contributed by atoms with van der Waals surface area (Å²) in [4.78, 5) is 18.2. The molecule has 0 radical (unpaired) electrons. The summed E-state index contributed by atoms with van der Waals surface area (Å²) < 4.78 is 11.6. The third-order valence-corrected chi connectivity index (χ3v) is 4.66. The Morgan fingerprint density at radius 2 is 1.90 bits per heavy atom. The Labute approximate surface area is 183 Å². The van der Waals surface area contributed by atoms with E-state index >= 15 is 0 Å². The van der Waals surface area contributed by atoms with Gasteiger partial charge in [-0.05, 0) is 49.7 Å². The van der Waals surface area contributed by atoms with Crippen molar-refractivity contribution in [2.24, 2.45) is 5.10 Å². The van der Waals surface area contributed by atoms with Crippen LogP contribution in [0, 0.1) is 6.92 Å². The maximum Gasteiger partial charge on any atom is 0.252 e. The van der Waals surface area contributed by atoms with Crippen LogP contribution in [-0.4, -0.2) is 22.8 Å². The molecule has 3 aromatic rings. The van der Waals surface area contributed by atoms with Gasteiger partial charge in [-0.2, -0.15) is 5.10 Å². The highest BCUT2D eigenvalue weighted by Crippen LogP contribution is 2.31. The Balaban J connectivity index is 1.73. The Morgan fingerprint density at radius 1 is 1.13 bits per heavy atom. The molecule has 1 aromatic heterocycles. The van der Waals surface area contributed by atoms with Gasteiger partial charge in [0.15, 0.2) is 11.5 Å². The SMILES string of the molecule is CCOc1cc(/C=N/Nc2nc(C)cc(=O)[nH]2)ccc1OCc1c(Cl)cccc1Cl. The van der Waals surface area contributed by atoms with Gasteiger partial charge in [0.05, 0.1) is 12.8 Å². The lowest BCUT2D eigenvalue weighted by Crippen LogP contribution is -2.10. The van der Waals surface area contributed by atoms with Crippen molar-refractivity contribution in [1.29, 1.82) is 0 Å². The Kier molecular flexibility index (Phi) is 7.32. The van der Waals surface area contributed by atoms with Crippen LogP contribution in [0.15, 0.2) is 52.4 Å². The molecular weight excluding hydrogens is 427 g/mol. The Bertz CT molecular complexity index is 1100. The fraction of sp³-hybridized carbons (Fsp3) is 0.190. The van der Waals surface area contributed by atoms with Crippen LogP contribution in [0.5, 0.6) is 11.5 Å². The summed E-state index contributed by atoms with van der Waals surface area (Å²) in [5.41, 5.74) is 4.52. The lowest BCUT2D eigenvalue weighted by atomic mass is 10.2. The number of hydrogen-bond acceptors (Lipinski definition) is 6. The number of benzene rings is 2. The van der Waals surface area contributed by atoms with E-state index in [1.807, 2.05) is 13.0 Å². The molecule has 0 bridgehead atoms. The molecule has 0 fully saturated rings. The summed E-state index contributed by atoms with van der Waals surface area (Å²) in [5, 5.41) is 5.18. The summed E-state index contributed by atoms with van der Waals surface area (Å²) in [5.74, 6) is 1.38. The van der Waals surface area contributed by atoms with E-state index in [9.17, 15) is 4.79 Å². The number of hydrogen-bond donors (Lipinski definition) is 2. The molecule has 0 atom stereocenters. The van der Waals surface area contributed by atoms with Gasteiger partial charge < -0.3 is 9.47 Å². The zero-order valence-electron chi connectivity index (χ0n) is 16.4. The van der Waals surface area contributed by atoms with Gasteiger partial charge in [-0.15, -0.1) is 0 Å². The summed E-state index contributed by atoms with van der Waals surface area (Å²) >= 11 is 12.4. The molecule has 2 N–H and O–H groups in total. The maximum atomic E-state index is 11.5. The molecule has 0 unspecified atom stereocenters. The van der Waals surface area contributed by atoms with Crippen LogP contribution in [0.3, 0.4) is 0 Å². The van der Waals surface area contributed by atoms with Crippen molar-refractivity contribution in [3.63, 3.8) is 0 Å². The second kappa shape index (κ2) is 10.1. The number of rotatable bonds is 8. The van der Waals surface area contributed by atoms with Crippen molar-refractivity contribution in [3.05, 3.63) is 79.7 Å². The van der Waals surface area contributed by atoms with Crippen molar-refractivity contribution in [2.45, 2.75) is 20.5 Å². The Hall–Kier alpha value is -3.03. The highest BCUT2D eigenvalue weighted by atomic mass is 35.5. The van der Waals surface area contributed by atoms with Crippen LogP contribution in [0.2, 0.25) is 10.0 Å². The molecule has 0 aliphatic rings. The van der Waals surface area contributed by atoms with Crippen molar-refractivity contribution < 1.29 is 9.47 Å². The molecule has 2 aromatic carbocycles. The average Bonchev–Trinajstić information content (AvgIpc) is 2.68. The summed E-state index contributed by atoms with van der Waals surface area (Å²) in [6.07, 6.45) is 1.58. The minimum Gasteiger partial charge on any atom is -0.490 e. The molecular formula is C21H20Cl2N4O3. The molecule has 30 heavy (non-hydrogen) atoms. The minimum absolute atomic E-state index is 0.208. The van der Waals surface area contributed by atoms with Gasteiger partial charge >= 0.3 is 0 Å². The molecule has 0 saturated carbocycles. The number of nitrogens with zero attached hydrogens (tertiary/aromatic N) is 2. The van der Waals surface area contributed by atoms with E-state index in [-0.39, 0.29) is 18.1 Å². The quantitative estimate of drug-likeness (QED) is 0.382. The standard InChI is InChI=1S/C21H20Cl2N4O3/c1-3-29-19-10-14(11-24-27-21-25-13(2)9-20(28)26-21)7-8-18(19)30-12-15-16(22)5-4-6-17(15)23/h4-11H,3,12H2,1-2H3,(H2,25,26,27,28)/b24-11+. The number of aromatic nitrogens is 2. The normalized spacial score (nSPS) is 10.9. The number of nitrogens with one attached hydrogen (secondary N) is 2.